The number of nitrogens with zero attached hydrogens (tertiary/aromatic N) is 8. The number of terminal acetylenes is 1. The number of hydrogen-bond acceptors (Lipinski definition) is 7. The van der Waals surface area contributed by atoms with E-state index in [1.54, 1.807) is 12.4 Å². The number of nitrogens with one attached hydrogen (secondary N) is 2. The number of aromatic amines is 2. The first-order valence-corrected chi connectivity index (χ1v) is 13.1. The van der Waals surface area contributed by atoms with Gasteiger partial charge in [-0.05, 0) is 35.9 Å². The fourth-order valence-electron chi connectivity index (χ4n) is 3.67. The van der Waals surface area contributed by atoms with Gasteiger partial charge in [0.2, 0.25) is 0 Å². The van der Waals surface area contributed by atoms with Crippen molar-refractivity contribution in [2.45, 2.75) is 45.2 Å². The van der Waals surface area contributed by atoms with Crippen LogP contribution in [0.5, 0.6) is 0 Å². The number of azide groups is 1. The Kier molecular flexibility index (Phi) is 17.5. The number of aryl methyl sites for hydroxylation is 3. The highest BCUT2D eigenvalue weighted by atomic mass is 35.5. The van der Waals surface area contributed by atoms with Gasteiger partial charge in [0, 0.05) is 35.3 Å². The van der Waals surface area contributed by atoms with E-state index < -0.39 is 0 Å². The molecule has 12 nitrogen and oxygen atoms in total. The molecular weight excluding hydrogens is 587 g/mol. The molecule has 226 valence electrons. The summed E-state index contributed by atoms with van der Waals surface area (Å²) in [7, 11) is 0. The molecular formula is C29H36Cl2N12. The lowest BCUT2D eigenvalue weighted by atomic mass is 10.2. The van der Waals surface area contributed by atoms with Crippen LogP contribution in [0.2, 0.25) is 0 Å². The fraction of sp³-hybridized carbons (Fsp3) is 0.241. The predicted octanol–water partition coefficient (Wildman–Crippen LogP) is 5.71. The van der Waals surface area contributed by atoms with Gasteiger partial charge in [-0.2, -0.15) is 0 Å². The Morgan fingerprint density at radius 2 is 1.44 bits per heavy atom. The van der Waals surface area contributed by atoms with Crippen LogP contribution in [-0.2, 0) is 32.4 Å². The number of nitrogen functional groups attached to an aromatic ring is 2. The zero-order valence-corrected chi connectivity index (χ0v) is 25.2. The number of rotatable bonds is 10. The van der Waals surface area contributed by atoms with Crippen LogP contribution in [-0.4, -0.2) is 34.9 Å². The van der Waals surface area contributed by atoms with Gasteiger partial charge in [0.05, 0.1) is 31.2 Å². The van der Waals surface area contributed by atoms with E-state index in [0.29, 0.717) is 18.4 Å². The number of halogens is 2. The lowest BCUT2D eigenvalue weighted by Crippen LogP contribution is -1.99. The molecule has 0 aliphatic heterocycles. The van der Waals surface area contributed by atoms with Crippen molar-refractivity contribution < 1.29 is 0 Å². The Hall–Kier alpha value is -4.95. The highest BCUT2D eigenvalue weighted by Crippen LogP contribution is 2.07. The first kappa shape index (κ1) is 36.1. The van der Waals surface area contributed by atoms with Crippen LogP contribution in [0.3, 0.4) is 0 Å². The Morgan fingerprint density at radius 3 is 1.98 bits per heavy atom. The van der Waals surface area contributed by atoms with Crippen molar-refractivity contribution in [3.05, 3.63) is 118 Å². The summed E-state index contributed by atoms with van der Waals surface area (Å²) in [6.45, 7) is 1.20. The summed E-state index contributed by atoms with van der Waals surface area (Å²) in [4.78, 5) is 16.4. The molecule has 3 heterocycles. The molecule has 0 bridgehead atoms. The smallest absolute Gasteiger partial charge is 0.197 e. The van der Waals surface area contributed by atoms with Gasteiger partial charge in [0.25, 0.3) is 0 Å². The molecule has 0 saturated carbocycles. The van der Waals surface area contributed by atoms with Crippen molar-refractivity contribution in [2.75, 3.05) is 11.5 Å². The van der Waals surface area contributed by atoms with E-state index in [2.05, 4.69) is 58.3 Å². The van der Waals surface area contributed by atoms with Crippen LogP contribution in [0.25, 0.3) is 10.4 Å². The molecule has 43 heavy (non-hydrogen) atoms. The maximum absolute atomic E-state index is 7.99. The second-order valence-corrected chi connectivity index (χ2v) is 8.91. The normalized spacial score (nSPS) is 9.37. The summed E-state index contributed by atoms with van der Waals surface area (Å²) in [6, 6.07) is 19.9. The molecule has 3 aromatic heterocycles. The van der Waals surface area contributed by atoms with Gasteiger partial charge in [-0.1, -0.05) is 71.0 Å². The van der Waals surface area contributed by atoms with Crippen molar-refractivity contribution in [1.29, 1.82) is 0 Å². The molecule has 0 unspecified atom stereocenters. The molecule has 6 N–H and O–H groups in total. The third-order valence-corrected chi connectivity index (χ3v) is 5.65. The molecule has 0 fully saturated rings. The van der Waals surface area contributed by atoms with Crippen molar-refractivity contribution in [2.24, 2.45) is 5.11 Å². The lowest BCUT2D eigenvalue weighted by Gasteiger charge is -1.99. The Bertz CT molecular complexity index is 1520. The second-order valence-electron chi connectivity index (χ2n) is 8.91. The maximum Gasteiger partial charge on any atom is 0.197 e. The lowest BCUT2D eigenvalue weighted by molar-refractivity contribution is 0.649. The van der Waals surface area contributed by atoms with Gasteiger partial charge in [-0.3, -0.25) is 0 Å². The highest BCUT2D eigenvalue weighted by Gasteiger charge is 2.03. The molecule has 0 aliphatic rings. The summed E-state index contributed by atoms with van der Waals surface area (Å²) in [5, 5.41) is 11.8. The molecule has 5 rings (SSSR count). The van der Waals surface area contributed by atoms with E-state index in [4.69, 9.17) is 23.4 Å². The minimum atomic E-state index is 0. The third-order valence-electron chi connectivity index (χ3n) is 5.65. The van der Waals surface area contributed by atoms with Crippen LogP contribution in [0.15, 0.2) is 84.4 Å². The first-order chi connectivity index (χ1) is 20.1. The van der Waals surface area contributed by atoms with Gasteiger partial charge in [0.1, 0.15) is 0 Å². The van der Waals surface area contributed by atoms with E-state index in [-0.39, 0.29) is 24.8 Å². The minimum absolute atomic E-state index is 0. The van der Waals surface area contributed by atoms with E-state index in [0.717, 1.165) is 61.3 Å². The Balaban J connectivity index is 0.000000355. The fourth-order valence-corrected chi connectivity index (χ4v) is 3.67. The van der Waals surface area contributed by atoms with Crippen molar-refractivity contribution >= 4 is 36.7 Å². The van der Waals surface area contributed by atoms with Gasteiger partial charge in [-0.25, -0.2) is 14.6 Å². The standard InChI is InChI=1S/C15H18N6.C7H9N3.C7H7N3.2ClH/c16-15-17-9-13(18-15)7-4-8-14-11-21(20-19-14)10-12-5-2-1-3-6-12;1-2-3-4-6-5-9-7(8)10-6;8-10-9-6-7-4-2-1-3-5-7;;/h1-3,5-6,9,11H,4,7-8,10H2,(H3,16,17,18);1,5H,3-4H2,(H3,8,9,10);1-5H,6H2;2*1H. The largest absolute Gasteiger partial charge is 0.369 e. The molecule has 14 heteroatoms. The minimum Gasteiger partial charge on any atom is -0.369 e. The van der Waals surface area contributed by atoms with E-state index in [1.165, 1.54) is 5.56 Å². The average Bonchev–Trinajstić information content (AvgIpc) is 3.74. The quantitative estimate of drug-likeness (QED) is 0.0667. The Labute approximate surface area is 263 Å². The van der Waals surface area contributed by atoms with Crippen molar-refractivity contribution in [3.63, 3.8) is 0 Å². The number of hydrogen-bond donors (Lipinski definition) is 4. The van der Waals surface area contributed by atoms with Crippen LogP contribution < -0.4 is 11.5 Å². The van der Waals surface area contributed by atoms with Gasteiger partial charge >= 0.3 is 0 Å². The first-order valence-electron chi connectivity index (χ1n) is 13.1. The zero-order chi connectivity index (χ0) is 29.1. The number of aromatic nitrogens is 7. The van der Waals surface area contributed by atoms with E-state index >= 15 is 0 Å². The van der Waals surface area contributed by atoms with Crippen molar-refractivity contribution in [3.8, 4) is 12.3 Å². The molecule has 0 amide bonds. The summed E-state index contributed by atoms with van der Waals surface area (Å²) < 4.78 is 1.87. The summed E-state index contributed by atoms with van der Waals surface area (Å²) >= 11 is 0. The average molecular weight is 624 g/mol. The number of benzene rings is 2. The summed E-state index contributed by atoms with van der Waals surface area (Å²) in [6.07, 6.45) is 14.9. The van der Waals surface area contributed by atoms with Gasteiger partial charge in [0.15, 0.2) is 11.9 Å². The van der Waals surface area contributed by atoms with Gasteiger partial charge in [-0.15, -0.1) is 42.3 Å². The van der Waals surface area contributed by atoms with E-state index in [9.17, 15) is 0 Å². The van der Waals surface area contributed by atoms with Crippen LogP contribution in [0.1, 0.15) is 41.1 Å². The second kappa shape index (κ2) is 20.9. The van der Waals surface area contributed by atoms with Crippen LogP contribution in [0, 0.1) is 12.3 Å². The highest BCUT2D eigenvalue weighted by molar-refractivity contribution is 5.85. The monoisotopic (exact) mass is 622 g/mol. The molecule has 0 saturated heterocycles. The number of imidazole rings is 2. The summed E-state index contributed by atoms with van der Waals surface area (Å²) in [5.41, 5.74) is 24.2. The molecule has 0 radical (unpaired) electrons. The third kappa shape index (κ3) is 14.5. The number of nitrogens with two attached hydrogens (primary N) is 2. The molecule has 0 aliphatic carbocycles. The maximum atomic E-state index is 7.99. The zero-order valence-electron chi connectivity index (χ0n) is 23.6. The Morgan fingerprint density at radius 1 is 0.860 bits per heavy atom. The van der Waals surface area contributed by atoms with Crippen LogP contribution >= 0.6 is 24.8 Å². The van der Waals surface area contributed by atoms with Gasteiger partial charge < -0.3 is 21.4 Å². The molecule has 5 aromatic rings. The molecule has 0 atom stereocenters. The number of anilines is 2. The number of H-pyrrole nitrogens is 2. The van der Waals surface area contributed by atoms with E-state index in [1.807, 2.05) is 59.4 Å². The summed E-state index contributed by atoms with van der Waals surface area (Å²) in [5.74, 6) is 3.46. The molecule has 2 aromatic carbocycles. The SMILES string of the molecule is C#CCCc1cnc(N)[nH]1.Cl.Cl.Nc1ncc(CCCc2cn(Cc3ccccc3)nn2)[nH]1.[N-]=[N+]=NCc1ccccc1. The van der Waals surface area contributed by atoms with Crippen molar-refractivity contribution in [1.82, 2.24) is 34.9 Å². The topological polar surface area (TPSA) is 189 Å². The predicted molar refractivity (Wildman–Crippen MR) is 175 cm³/mol. The van der Waals surface area contributed by atoms with Crippen LogP contribution in [0.4, 0.5) is 11.9 Å². The molecule has 0 spiro atoms.